The molecule has 4 heteroatoms. The lowest BCUT2D eigenvalue weighted by Crippen LogP contribution is -2.22. The highest BCUT2D eigenvalue weighted by atomic mass is 32.1. The van der Waals surface area contributed by atoms with Crippen molar-refractivity contribution in [1.82, 2.24) is 5.32 Å². The third-order valence-corrected chi connectivity index (χ3v) is 5.62. The molecular formula is C17H18FNS2. The minimum absolute atomic E-state index is 0.166. The predicted molar refractivity (Wildman–Crippen MR) is 91.0 cm³/mol. The lowest BCUT2D eigenvalue weighted by molar-refractivity contribution is 0.605. The van der Waals surface area contributed by atoms with Gasteiger partial charge in [0.15, 0.2) is 0 Å². The smallest absolute Gasteiger partial charge is 0.124 e. The maximum absolute atomic E-state index is 13.4. The largest absolute Gasteiger partial charge is 0.306 e. The van der Waals surface area contributed by atoms with Gasteiger partial charge in [0.25, 0.3) is 0 Å². The van der Waals surface area contributed by atoms with E-state index in [0.717, 1.165) is 23.1 Å². The van der Waals surface area contributed by atoms with Gasteiger partial charge in [0.05, 0.1) is 6.04 Å². The van der Waals surface area contributed by atoms with Crippen LogP contribution in [-0.4, -0.2) is 6.54 Å². The van der Waals surface area contributed by atoms with Gasteiger partial charge < -0.3 is 5.32 Å². The van der Waals surface area contributed by atoms with E-state index in [1.165, 1.54) is 21.4 Å². The number of aryl methyl sites for hydroxylation is 1. The van der Waals surface area contributed by atoms with Crippen LogP contribution < -0.4 is 5.32 Å². The molecular weight excluding hydrogens is 301 g/mol. The monoisotopic (exact) mass is 319 g/mol. The van der Waals surface area contributed by atoms with Crippen molar-refractivity contribution in [1.29, 1.82) is 0 Å². The minimum Gasteiger partial charge on any atom is -0.306 e. The highest BCUT2D eigenvalue weighted by Gasteiger charge is 2.18. The topological polar surface area (TPSA) is 12.0 Å². The van der Waals surface area contributed by atoms with E-state index in [9.17, 15) is 4.39 Å². The number of rotatable bonds is 5. The third kappa shape index (κ3) is 3.03. The highest BCUT2D eigenvalue weighted by molar-refractivity contribution is 7.19. The van der Waals surface area contributed by atoms with Gasteiger partial charge in [-0.05, 0) is 60.5 Å². The van der Waals surface area contributed by atoms with Crippen LogP contribution in [0.5, 0.6) is 0 Å². The molecule has 3 rings (SSSR count). The van der Waals surface area contributed by atoms with E-state index in [1.807, 2.05) is 6.07 Å². The van der Waals surface area contributed by atoms with Gasteiger partial charge >= 0.3 is 0 Å². The molecule has 0 saturated carbocycles. The Balaban J connectivity index is 2.03. The van der Waals surface area contributed by atoms with Crippen LogP contribution in [0.3, 0.4) is 0 Å². The van der Waals surface area contributed by atoms with Crippen LogP contribution in [0.15, 0.2) is 35.7 Å². The molecule has 21 heavy (non-hydrogen) atoms. The molecule has 1 atom stereocenters. The first-order chi connectivity index (χ1) is 10.2. The Morgan fingerprint density at radius 1 is 1.24 bits per heavy atom. The van der Waals surface area contributed by atoms with Crippen molar-refractivity contribution in [3.63, 3.8) is 0 Å². The number of nitrogens with one attached hydrogen (secondary N) is 1. The van der Waals surface area contributed by atoms with Crippen molar-refractivity contribution in [3.8, 4) is 0 Å². The Hall–Kier alpha value is -1.23. The van der Waals surface area contributed by atoms with Gasteiger partial charge in [0.2, 0.25) is 0 Å². The Bertz CT molecular complexity index is 744. The van der Waals surface area contributed by atoms with Gasteiger partial charge in [-0.2, -0.15) is 0 Å². The summed E-state index contributed by atoms with van der Waals surface area (Å²) in [5, 5.41) is 6.88. The number of fused-ring (bicyclic) bond motifs is 1. The average molecular weight is 319 g/mol. The van der Waals surface area contributed by atoms with E-state index in [2.05, 4.69) is 36.7 Å². The molecule has 0 aliphatic rings. The summed E-state index contributed by atoms with van der Waals surface area (Å²) in [7, 11) is 0. The maximum atomic E-state index is 13.4. The molecule has 0 saturated heterocycles. The van der Waals surface area contributed by atoms with Crippen molar-refractivity contribution in [2.75, 3.05) is 6.54 Å². The van der Waals surface area contributed by atoms with Crippen molar-refractivity contribution in [2.24, 2.45) is 0 Å². The van der Waals surface area contributed by atoms with Gasteiger partial charge in [-0.15, -0.1) is 22.7 Å². The number of thiophene rings is 2. The highest BCUT2D eigenvalue weighted by Crippen LogP contribution is 2.35. The molecule has 1 N–H and O–H groups in total. The molecule has 3 aromatic rings. The van der Waals surface area contributed by atoms with Crippen molar-refractivity contribution in [2.45, 2.75) is 26.3 Å². The van der Waals surface area contributed by atoms with E-state index < -0.39 is 0 Å². The zero-order valence-corrected chi connectivity index (χ0v) is 13.8. The summed E-state index contributed by atoms with van der Waals surface area (Å²) < 4.78 is 14.4. The molecule has 0 radical (unpaired) electrons. The van der Waals surface area contributed by atoms with Crippen LogP contribution in [0.1, 0.15) is 34.7 Å². The van der Waals surface area contributed by atoms with Gasteiger partial charge in [-0.1, -0.05) is 13.0 Å². The Kier molecular flexibility index (Phi) is 4.38. The zero-order chi connectivity index (χ0) is 14.8. The number of halogens is 1. The van der Waals surface area contributed by atoms with E-state index >= 15 is 0 Å². The third-order valence-electron chi connectivity index (χ3n) is 3.59. The van der Waals surface area contributed by atoms with E-state index in [1.54, 1.807) is 28.7 Å². The Morgan fingerprint density at radius 2 is 2.10 bits per heavy atom. The van der Waals surface area contributed by atoms with E-state index in [-0.39, 0.29) is 11.9 Å². The van der Waals surface area contributed by atoms with Gasteiger partial charge in [0.1, 0.15) is 5.82 Å². The quantitative estimate of drug-likeness (QED) is 0.655. The first kappa shape index (κ1) is 14.7. The van der Waals surface area contributed by atoms with Gasteiger partial charge in [-0.3, -0.25) is 0 Å². The second kappa shape index (κ2) is 6.26. The maximum Gasteiger partial charge on any atom is 0.124 e. The fourth-order valence-electron chi connectivity index (χ4n) is 2.51. The van der Waals surface area contributed by atoms with Crippen molar-refractivity contribution in [3.05, 3.63) is 56.8 Å². The van der Waals surface area contributed by atoms with Crippen LogP contribution in [0.2, 0.25) is 0 Å². The van der Waals surface area contributed by atoms with Crippen LogP contribution in [0.25, 0.3) is 10.1 Å². The summed E-state index contributed by atoms with van der Waals surface area (Å²) in [4.78, 5) is 2.60. The minimum atomic E-state index is -0.166. The normalized spacial score (nSPS) is 12.9. The molecule has 0 aliphatic carbocycles. The lowest BCUT2D eigenvalue weighted by Gasteiger charge is -2.17. The zero-order valence-electron chi connectivity index (χ0n) is 12.2. The Labute approximate surface area is 132 Å². The van der Waals surface area contributed by atoms with E-state index in [4.69, 9.17) is 0 Å². The summed E-state index contributed by atoms with van der Waals surface area (Å²) in [6.45, 7) is 5.31. The van der Waals surface area contributed by atoms with Crippen molar-refractivity contribution >= 4 is 32.8 Å². The first-order valence-electron chi connectivity index (χ1n) is 7.15. The number of hydrogen-bond donors (Lipinski definition) is 1. The second-order valence-corrected chi connectivity index (χ2v) is 7.39. The molecule has 0 fully saturated rings. The van der Waals surface area contributed by atoms with Crippen LogP contribution in [0, 0.1) is 12.7 Å². The predicted octanol–water partition coefficient (Wildman–Crippen LogP) is 5.50. The first-order valence-corrected chi connectivity index (χ1v) is 8.85. The molecule has 110 valence electrons. The standard InChI is InChI=1S/C17H18FNS2/c1-3-7-19-17(14-6-8-20-11(14)2)16-9-12-4-5-13(18)10-15(12)21-16/h4-6,8-10,17,19H,3,7H2,1-2H3. The Morgan fingerprint density at radius 3 is 2.81 bits per heavy atom. The van der Waals surface area contributed by atoms with Crippen molar-refractivity contribution < 1.29 is 4.39 Å². The summed E-state index contributed by atoms with van der Waals surface area (Å²) >= 11 is 3.45. The van der Waals surface area contributed by atoms with Gasteiger partial charge in [0, 0.05) is 14.5 Å². The van der Waals surface area contributed by atoms with Crippen LogP contribution in [-0.2, 0) is 0 Å². The number of hydrogen-bond acceptors (Lipinski definition) is 3. The summed E-state index contributed by atoms with van der Waals surface area (Å²) in [5.74, 6) is -0.166. The molecule has 0 bridgehead atoms. The molecule has 0 spiro atoms. The average Bonchev–Trinajstić information content (AvgIpc) is 3.06. The molecule has 2 aromatic heterocycles. The molecule has 0 aliphatic heterocycles. The summed E-state index contributed by atoms with van der Waals surface area (Å²) in [5.41, 5.74) is 1.33. The van der Waals surface area contributed by atoms with E-state index in [0.29, 0.717) is 0 Å². The molecule has 1 aromatic carbocycles. The second-order valence-electron chi connectivity index (χ2n) is 5.15. The molecule has 1 unspecified atom stereocenters. The molecule has 0 amide bonds. The summed E-state index contributed by atoms with van der Waals surface area (Å²) in [6, 6.07) is 9.60. The SMILES string of the molecule is CCCNC(c1cc2ccc(F)cc2s1)c1ccsc1C. The summed E-state index contributed by atoms with van der Waals surface area (Å²) in [6.07, 6.45) is 1.10. The molecule has 2 heterocycles. The fraction of sp³-hybridized carbons (Fsp3) is 0.294. The van der Waals surface area contributed by atoms with Gasteiger partial charge in [-0.25, -0.2) is 4.39 Å². The lowest BCUT2D eigenvalue weighted by atomic mass is 10.1. The van der Waals surface area contributed by atoms with Crippen LogP contribution >= 0.6 is 22.7 Å². The van der Waals surface area contributed by atoms with Crippen LogP contribution in [0.4, 0.5) is 4.39 Å². The molecule has 1 nitrogen and oxygen atoms in total. The number of benzene rings is 1. The fourth-order valence-corrected chi connectivity index (χ4v) is 4.44.